The minimum atomic E-state index is 0.633. The van der Waals surface area contributed by atoms with Crippen molar-refractivity contribution in [3.63, 3.8) is 0 Å². The third-order valence-corrected chi connectivity index (χ3v) is 11.3. The maximum absolute atomic E-state index is 5.06. The molecule has 0 N–H and O–H groups in total. The summed E-state index contributed by atoms with van der Waals surface area (Å²) in [6, 6.07) is 75.3. The van der Waals surface area contributed by atoms with E-state index in [-0.39, 0.29) is 0 Å². The molecule has 0 saturated heterocycles. The van der Waals surface area contributed by atoms with Crippen molar-refractivity contribution in [3.8, 4) is 101 Å². The molecule has 1 aromatic heterocycles. The predicted octanol–water partition coefficient (Wildman–Crippen LogP) is 14.3. The van der Waals surface area contributed by atoms with Gasteiger partial charge >= 0.3 is 0 Å². The summed E-state index contributed by atoms with van der Waals surface area (Å²) in [4.78, 5) is 15.2. The van der Waals surface area contributed by atoms with Crippen molar-refractivity contribution in [1.82, 2.24) is 15.0 Å². The summed E-state index contributed by atoms with van der Waals surface area (Å²) in [5, 5.41) is 2.61. The minimum Gasteiger partial charge on any atom is -0.208 e. The molecule has 10 aromatic rings. The van der Waals surface area contributed by atoms with E-state index in [2.05, 4.69) is 200 Å². The maximum atomic E-state index is 5.06. The highest BCUT2D eigenvalue weighted by molar-refractivity contribution is 6.16. The molecule has 3 nitrogen and oxygen atoms in total. The largest absolute Gasteiger partial charge is 0.208 e. The van der Waals surface area contributed by atoms with Crippen LogP contribution in [0.15, 0.2) is 212 Å². The second-order valence-corrected chi connectivity index (χ2v) is 14.8. The smallest absolute Gasteiger partial charge is 0.164 e. The molecule has 1 aliphatic rings. The average molecular weight is 738 g/mol. The number of benzene rings is 9. The van der Waals surface area contributed by atoms with Gasteiger partial charge in [-0.05, 0) is 95.7 Å². The van der Waals surface area contributed by atoms with Gasteiger partial charge in [0.25, 0.3) is 0 Å². The van der Waals surface area contributed by atoms with E-state index in [1.807, 2.05) is 12.1 Å². The maximum Gasteiger partial charge on any atom is 0.164 e. The van der Waals surface area contributed by atoms with Crippen molar-refractivity contribution in [2.75, 3.05) is 0 Å². The number of fused-ring (bicyclic) bond motifs is 3. The van der Waals surface area contributed by atoms with Crippen molar-refractivity contribution >= 4 is 10.8 Å². The lowest BCUT2D eigenvalue weighted by Crippen LogP contribution is -2.00. The monoisotopic (exact) mass is 737 g/mol. The van der Waals surface area contributed by atoms with Crippen LogP contribution in [0, 0.1) is 0 Å². The summed E-state index contributed by atoms with van der Waals surface area (Å²) in [5.41, 5.74) is 17.4. The fourth-order valence-electron chi connectivity index (χ4n) is 8.32. The lowest BCUT2D eigenvalue weighted by atomic mass is 9.94. The number of hydrogen-bond acceptors (Lipinski definition) is 3. The average Bonchev–Trinajstić information content (AvgIpc) is 3.64. The van der Waals surface area contributed by atoms with Crippen LogP contribution < -0.4 is 0 Å². The molecule has 0 atom stereocenters. The molecule has 3 heteroatoms. The second-order valence-electron chi connectivity index (χ2n) is 14.8. The molecule has 0 bridgehead atoms. The van der Waals surface area contributed by atoms with Crippen molar-refractivity contribution < 1.29 is 0 Å². The van der Waals surface area contributed by atoms with Crippen molar-refractivity contribution in [2.24, 2.45) is 0 Å². The van der Waals surface area contributed by atoms with E-state index >= 15 is 0 Å². The third kappa shape index (κ3) is 6.07. The Labute approximate surface area is 337 Å². The molecule has 0 unspecified atom stereocenters. The Kier molecular flexibility index (Phi) is 8.15. The number of hydrogen-bond donors (Lipinski definition) is 0. The second kappa shape index (κ2) is 14.1. The molecule has 1 aliphatic carbocycles. The van der Waals surface area contributed by atoms with Crippen LogP contribution in [0.25, 0.3) is 112 Å². The zero-order valence-electron chi connectivity index (χ0n) is 31.5. The fourth-order valence-corrected chi connectivity index (χ4v) is 8.32. The summed E-state index contributed by atoms with van der Waals surface area (Å²) in [5.74, 6) is 1.91. The van der Waals surface area contributed by atoms with Gasteiger partial charge in [-0.2, -0.15) is 0 Å². The lowest BCUT2D eigenvalue weighted by molar-refractivity contribution is 1.07. The van der Waals surface area contributed by atoms with Gasteiger partial charge in [0.05, 0.1) is 0 Å². The molecule has 0 aliphatic heterocycles. The van der Waals surface area contributed by atoms with E-state index in [1.54, 1.807) is 0 Å². The SMILES string of the molecule is c1ccc(-c2ccc(-c3nc(-c4ccc(-c5ccccc5)cc4)nc(-c4ccc(-c5cccc(-c6cc7c8c(cccc8c6)-c6ccccc6-7)c5)cc4)n3)cc2)cc1. The minimum absolute atomic E-state index is 0.633. The zero-order valence-corrected chi connectivity index (χ0v) is 31.5. The van der Waals surface area contributed by atoms with Crippen LogP contribution in [0.2, 0.25) is 0 Å². The Morgan fingerprint density at radius 3 is 1.09 bits per heavy atom. The van der Waals surface area contributed by atoms with E-state index in [1.165, 1.54) is 55.3 Å². The summed E-state index contributed by atoms with van der Waals surface area (Å²) in [6.07, 6.45) is 0. The molecule has 58 heavy (non-hydrogen) atoms. The molecule has 0 saturated carbocycles. The fraction of sp³-hybridized carbons (Fsp3) is 0. The van der Waals surface area contributed by atoms with Gasteiger partial charge < -0.3 is 0 Å². The van der Waals surface area contributed by atoms with Gasteiger partial charge in [-0.3, -0.25) is 0 Å². The molecular formula is C55H35N3. The van der Waals surface area contributed by atoms with Crippen molar-refractivity contribution in [3.05, 3.63) is 212 Å². The van der Waals surface area contributed by atoms with Crippen LogP contribution in [0.3, 0.4) is 0 Å². The first-order valence-electron chi connectivity index (χ1n) is 19.7. The molecule has 0 fully saturated rings. The molecule has 11 rings (SSSR count). The van der Waals surface area contributed by atoms with Gasteiger partial charge in [-0.25, -0.2) is 15.0 Å². The van der Waals surface area contributed by atoms with Gasteiger partial charge in [0, 0.05) is 16.7 Å². The molecule has 1 heterocycles. The van der Waals surface area contributed by atoms with Gasteiger partial charge in [-0.1, -0.05) is 194 Å². The van der Waals surface area contributed by atoms with E-state index in [0.29, 0.717) is 17.5 Å². The van der Waals surface area contributed by atoms with Crippen molar-refractivity contribution in [1.29, 1.82) is 0 Å². The lowest BCUT2D eigenvalue weighted by Gasteiger charge is -2.11. The Hall–Kier alpha value is -7.75. The molecule has 9 aromatic carbocycles. The number of aromatic nitrogens is 3. The zero-order chi connectivity index (χ0) is 38.4. The van der Waals surface area contributed by atoms with E-state index < -0.39 is 0 Å². The van der Waals surface area contributed by atoms with Crippen molar-refractivity contribution in [2.45, 2.75) is 0 Å². The molecule has 270 valence electrons. The quantitative estimate of drug-likeness (QED) is 0.163. The van der Waals surface area contributed by atoms with Crippen LogP contribution in [0.1, 0.15) is 0 Å². The molecular weight excluding hydrogens is 703 g/mol. The summed E-state index contributed by atoms with van der Waals surface area (Å²) < 4.78 is 0. The molecule has 0 radical (unpaired) electrons. The van der Waals surface area contributed by atoms with Gasteiger partial charge in [0.2, 0.25) is 0 Å². The third-order valence-electron chi connectivity index (χ3n) is 11.3. The van der Waals surface area contributed by atoms with Gasteiger partial charge in [0.1, 0.15) is 0 Å². The predicted molar refractivity (Wildman–Crippen MR) is 240 cm³/mol. The Balaban J connectivity index is 0.945. The standard InChI is InChI=1S/C55H35N3/c1-3-11-36(12-4-1)38-21-27-41(28-22-38)53-56-54(42-29-23-39(24-30-42)37-13-5-2-6-14-37)58-55(57-53)43-31-25-40(26-32-43)44-15-9-16-45(33-44)47-34-46-17-10-20-50-48-18-7-8-19-49(48)51(35-47)52(46)50/h1-35H. The van der Waals surface area contributed by atoms with Gasteiger partial charge in [0.15, 0.2) is 17.5 Å². The summed E-state index contributed by atoms with van der Waals surface area (Å²) in [7, 11) is 0. The van der Waals surface area contributed by atoms with Crippen LogP contribution in [0.4, 0.5) is 0 Å². The number of nitrogens with zero attached hydrogens (tertiary/aromatic N) is 3. The van der Waals surface area contributed by atoms with E-state index in [9.17, 15) is 0 Å². The van der Waals surface area contributed by atoms with Gasteiger partial charge in [-0.15, -0.1) is 0 Å². The summed E-state index contributed by atoms with van der Waals surface area (Å²) in [6.45, 7) is 0. The van der Waals surface area contributed by atoms with Crippen LogP contribution in [-0.2, 0) is 0 Å². The summed E-state index contributed by atoms with van der Waals surface area (Å²) >= 11 is 0. The van der Waals surface area contributed by atoms with Crippen LogP contribution in [-0.4, -0.2) is 15.0 Å². The highest BCUT2D eigenvalue weighted by Gasteiger charge is 2.22. The normalized spacial score (nSPS) is 11.4. The van der Waals surface area contributed by atoms with Crippen LogP contribution in [0.5, 0.6) is 0 Å². The molecule has 0 spiro atoms. The Morgan fingerprint density at radius 1 is 0.207 bits per heavy atom. The topological polar surface area (TPSA) is 38.7 Å². The van der Waals surface area contributed by atoms with E-state index in [4.69, 9.17) is 15.0 Å². The Morgan fingerprint density at radius 2 is 0.569 bits per heavy atom. The van der Waals surface area contributed by atoms with Crippen LogP contribution >= 0.6 is 0 Å². The Bertz CT molecular complexity index is 3020. The highest BCUT2D eigenvalue weighted by Crippen LogP contribution is 2.48. The first-order valence-corrected chi connectivity index (χ1v) is 19.7. The first kappa shape index (κ1) is 33.6. The first-order chi connectivity index (χ1) is 28.7. The molecule has 0 amide bonds. The number of rotatable bonds is 7. The highest BCUT2D eigenvalue weighted by atomic mass is 15.0. The van der Waals surface area contributed by atoms with E-state index in [0.717, 1.165) is 38.9 Å².